The molecule has 8 nitrogen and oxygen atoms in total. The van der Waals surface area contributed by atoms with E-state index in [0.717, 1.165) is 6.21 Å². The molecule has 0 bridgehead atoms. The number of alkyl carbamates (subject to hydrolysis) is 1. The number of amides is 2. The number of carbonyl (C=O) groups is 3. The van der Waals surface area contributed by atoms with Crippen LogP contribution < -0.4 is 10.6 Å². The Morgan fingerprint density at radius 1 is 1.17 bits per heavy atom. The molecule has 0 saturated heterocycles. The van der Waals surface area contributed by atoms with E-state index in [0.29, 0.717) is 6.42 Å². The van der Waals surface area contributed by atoms with Crippen molar-refractivity contribution in [3.63, 3.8) is 0 Å². The van der Waals surface area contributed by atoms with Gasteiger partial charge in [0.25, 0.3) is 5.78 Å². The van der Waals surface area contributed by atoms with E-state index in [-0.39, 0.29) is 5.92 Å². The quantitative estimate of drug-likeness (QED) is 0.416. The SMILES string of the molecule is CC(C)C[C@H](NC(=O)[C@H](C)NC(=O)OC(C)(C)C)C(=O)C=[N+]=[N-]. The number of ketones is 1. The first-order valence-electron chi connectivity index (χ1n) is 7.47. The van der Waals surface area contributed by atoms with Crippen LogP contribution in [0, 0.1) is 5.92 Å². The molecule has 0 saturated carbocycles. The highest BCUT2D eigenvalue weighted by Crippen LogP contribution is 2.07. The second kappa shape index (κ2) is 9.05. The van der Waals surface area contributed by atoms with Gasteiger partial charge >= 0.3 is 12.3 Å². The van der Waals surface area contributed by atoms with Gasteiger partial charge in [-0.3, -0.25) is 9.59 Å². The van der Waals surface area contributed by atoms with Crippen molar-refractivity contribution in [3.8, 4) is 0 Å². The van der Waals surface area contributed by atoms with Gasteiger partial charge in [-0.15, -0.1) is 0 Å². The molecule has 0 aromatic rings. The van der Waals surface area contributed by atoms with Crippen LogP contribution in [-0.2, 0) is 14.3 Å². The summed E-state index contributed by atoms with van der Waals surface area (Å²) in [6, 6.07) is -1.69. The molecule has 0 unspecified atom stereocenters. The van der Waals surface area contributed by atoms with Gasteiger partial charge < -0.3 is 20.9 Å². The lowest BCUT2D eigenvalue weighted by atomic mass is 10.0. The molecule has 0 heterocycles. The summed E-state index contributed by atoms with van der Waals surface area (Å²) in [4.78, 5) is 38.2. The second-order valence-electron chi connectivity index (χ2n) is 6.71. The number of ether oxygens (including phenoxy) is 1. The average molecular weight is 326 g/mol. The summed E-state index contributed by atoms with van der Waals surface area (Å²) < 4.78 is 5.06. The van der Waals surface area contributed by atoms with Gasteiger partial charge in [0.1, 0.15) is 11.6 Å². The number of hydrogen-bond donors (Lipinski definition) is 2. The first kappa shape index (κ1) is 20.8. The molecular formula is C15H26N4O4. The van der Waals surface area contributed by atoms with Gasteiger partial charge in [-0.05, 0) is 40.0 Å². The molecule has 0 aromatic carbocycles. The zero-order valence-corrected chi connectivity index (χ0v) is 14.5. The highest BCUT2D eigenvalue weighted by atomic mass is 16.6. The van der Waals surface area contributed by atoms with E-state index in [1.807, 2.05) is 13.8 Å². The van der Waals surface area contributed by atoms with Crippen molar-refractivity contribution in [2.24, 2.45) is 5.92 Å². The van der Waals surface area contributed by atoms with Gasteiger partial charge in [-0.1, -0.05) is 13.8 Å². The van der Waals surface area contributed by atoms with Crippen LogP contribution in [0.15, 0.2) is 0 Å². The summed E-state index contributed by atoms with van der Waals surface area (Å²) in [5.41, 5.74) is 7.78. The monoisotopic (exact) mass is 326 g/mol. The molecule has 2 amide bonds. The van der Waals surface area contributed by atoms with Crippen LogP contribution in [0.5, 0.6) is 0 Å². The zero-order valence-electron chi connectivity index (χ0n) is 14.5. The maximum Gasteiger partial charge on any atom is 0.408 e. The number of carbonyl (C=O) groups excluding carboxylic acids is 3. The van der Waals surface area contributed by atoms with Crippen molar-refractivity contribution in [2.45, 2.75) is 65.6 Å². The van der Waals surface area contributed by atoms with Crippen LogP contribution in [0.2, 0.25) is 0 Å². The van der Waals surface area contributed by atoms with Crippen molar-refractivity contribution in [3.05, 3.63) is 5.53 Å². The lowest BCUT2D eigenvalue weighted by Crippen LogP contribution is -2.51. The molecule has 0 fully saturated rings. The zero-order chi connectivity index (χ0) is 18.2. The van der Waals surface area contributed by atoms with Gasteiger partial charge in [0.2, 0.25) is 5.91 Å². The van der Waals surface area contributed by atoms with Crippen LogP contribution >= 0.6 is 0 Å². The topological polar surface area (TPSA) is 121 Å². The minimum absolute atomic E-state index is 0.144. The Morgan fingerprint density at radius 2 is 1.74 bits per heavy atom. The molecule has 2 atom stereocenters. The largest absolute Gasteiger partial charge is 0.444 e. The summed E-state index contributed by atoms with van der Waals surface area (Å²) in [6.45, 7) is 10.4. The Kier molecular flexibility index (Phi) is 8.18. The van der Waals surface area contributed by atoms with E-state index in [9.17, 15) is 14.4 Å². The molecule has 0 aliphatic rings. The standard InChI is InChI=1S/C15H26N4O4/c1-9(2)7-11(12(20)8-17-16)19-13(21)10(3)18-14(22)23-15(4,5)6/h8-11H,7H2,1-6H3,(H,18,22)(H,19,21)/t10-,11-/m0/s1. The van der Waals surface area contributed by atoms with Crippen molar-refractivity contribution in [1.29, 1.82) is 0 Å². The van der Waals surface area contributed by atoms with Gasteiger partial charge in [0, 0.05) is 0 Å². The molecule has 0 aliphatic heterocycles. The third-order valence-corrected chi connectivity index (χ3v) is 2.68. The summed E-state index contributed by atoms with van der Waals surface area (Å²) in [5, 5.41) is 4.94. The van der Waals surface area contributed by atoms with Crippen LogP contribution in [0.25, 0.3) is 5.53 Å². The highest BCUT2D eigenvalue weighted by Gasteiger charge is 2.27. The molecule has 0 spiro atoms. The molecule has 0 rings (SSSR count). The van der Waals surface area contributed by atoms with E-state index < -0.39 is 35.5 Å². The maximum absolute atomic E-state index is 12.1. The Labute approximate surface area is 136 Å². The number of rotatable bonds is 7. The highest BCUT2D eigenvalue weighted by molar-refractivity contribution is 6.28. The molecule has 2 N–H and O–H groups in total. The van der Waals surface area contributed by atoms with Crippen molar-refractivity contribution >= 4 is 24.0 Å². The fourth-order valence-corrected chi connectivity index (χ4v) is 1.71. The molecule has 0 aromatic heterocycles. The van der Waals surface area contributed by atoms with Crippen LogP contribution in [0.1, 0.15) is 48.0 Å². The van der Waals surface area contributed by atoms with Crippen LogP contribution in [0.4, 0.5) is 4.79 Å². The molecule has 23 heavy (non-hydrogen) atoms. The summed E-state index contributed by atoms with van der Waals surface area (Å²) in [6.07, 6.45) is 0.415. The Bertz CT molecular complexity index is 490. The third-order valence-electron chi connectivity index (χ3n) is 2.68. The predicted octanol–water partition coefficient (Wildman–Crippen LogP) is 1.30. The second-order valence-corrected chi connectivity index (χ2v) is 6.71. The first-order valence-corrected chi connectivity index (χ1v) is 7.47. The average Bonchev–Trinajstić information content (AvgIpc) is 2.34. The van der Waals surface area contributed by atoms with E-state index in [2.05, 4.69) is 15.4 Å². The Hall–Kier alpha value is -2.21. The first-order chi connectivity index (χ1) is 10.5. The molecule has 130 valence electrons. The molecule has 0 aliphatic carbocycles. The van der Waals surface area contributed by atoms with E-state index in [1.165, 1.54) is 6.92 Å². The molecule has 0 radical (unpaired) electrons. The van der Waals surface area contributed by atoms with Crippen molar-refractivity contribution in [2.75, 3.05) is 0 Å². The minimum atomic E-state index is -0.877. The Morgan fingerprint density at radius 3 is 2.17 bits per heavy atom. The van der Waals surface area contributed by atoms with E-state index in [4.69, 9.17) is 10.3 Å². The normalized spacial score (nSPS) is 13.5. The summed E-state index contributed by atoms with van der Waals surface area (Å²) >= 11 is 0. The lowest BCUT2D eigenvalue weighted by Gasteiger charge is -2.23. The van der Waals surface area contributed by atoms with E-state index >= 15 is 0 Å². The smallest absolute Gasteiger partial charge is 0.408 e. The van der Waals surface area contributed by atoms with Crippen molar-refractivity contribution < 1.29 is 23.9 Å². The van der Waals surface area contributed by atoms with Gasteiger partial charge in [0.15, 0.2) is 0 Å². The molecular weight excluding hydrogens is 300 g/mol. The fraction of sp³-hybridized carbons (Fsp3) is 0.733. The number of nitrogens with one attached hydrogen (secondary N) is 2. The minimum Gasteiger partial charge on any atom is -0.444 e. The predicted molar refractivity (Wildman–Crippen MR) is 84.9 cm³/mol. The number of nitrogens with zero attached hydrogens (tertiary/aromatic N) is 2. The number of Topliss-reactive ketones (excluding diaryl/α,β-unsaturated/α-hetero) is 1. The third kappa shape index (κ3) is 9.42. The van der Waals surface area contributed by atoms with Crippen LogP contribution in [-0.4, -0.2) is 46.5 Å². The molecule has 8 heteroatoms. The number of hydrogen-bond acceptors (Lipinski definition) is 4. The van der Waals surface area contributed by atoms with E-state index in [1.54, 1.807) is 20.8 Å². The Balaban J connectivity index is 4.75. The van der Waals surface area contributed by atoms with Gasteiger partial charge in [-0.25, -0.2) is 4.79 Å². The van der Waals surface area contributed by atoms with Crippen molar-refractivity contribution in [1.82, 2.24) is 10.6 Å². The van der Waals surface area contributed by atoms with Gasteiger partial charge in [-0.2, -0.15) is 4.79 Å². The lowest BCUT2D eigenvalue weighted by molar-refractivity contribution is -0.127. The maximum atomic E-state index is 12.1. The van der Waals surface area contributed by atoms with Crippen LogP contribution in [0.3, 0.4) is 0 Å². The summed E-state index contributed by atoms with van der Waals surface area (Å²) in [7, 11) is 0. The van der Waals surface area contributed by atoms with Gasteiger partial charge in [0.05, 0.1) is 6.04 Å². The fourth-order valence-electron chi connectivity index (χ4n) is 1.71. The summed E-state index contributed by atoms with van der Waals surface area (Å²) in [5.74, 6) is -0.898.